The Morgan fingerprint density at radius 3 is 2.21 bits per heavy atom. The minimum Gasteiger partial charge on any atom is -0.480 e. The normalized spacial score (nSPS) is 14.0. The van der Waals surface area contributed by atoms with Gasteiger partial charge in [-0.1, -0.05) is 6.07 Å². The Balaban J connectivity index is 3.20. The van der Waals surface area contributed by atoms with E-state index in [1.807, 2.05) is 4.72 Å². The van der Waals surface area contributed by atoms with E-state index >= 15 is 0 Å². The number of sulfonamides is 1. The molecule has 0 heterocycles. The Morgan fingerprint density at radius 2 is 1.74 bits per heavy atom. The molecule has 1 aromatic rings. The van der Waals surface area contributed by atoms with E-state index in [0.717, 1.165) is 12.3 Å². The van der Waals surface area contributed by atoms with Gasteiger partial charge in [0, 0.05) is 6.26 Å². The highest BCUT2D eigenvalue weighted by molar-refractivity contribution is 7.91. The van der Waals surface area contributed by atoms with Crippen molar-refractivity contribution < 1.29 is 26.7 Å². The number of nitrogens with one attached hydrogen (secondary N) is 1. The maximum Gasteiger partial charge on any atom is 0.321 e. The van der Waals surface area contributed by atoms with Gasteiger partial charge in [-0.3, -0.25) is 4.79 Å². The highest BCUT2D eigenvalue weighted by Crippen LogP contribution is 2.15. The molecule has 0 spiro atoms. The molecule has 0 radical (unpaired) electrons. The van der Waals surface area contributed by atoms with Crippen molar-refractivity contribution in [3.05, 3.63) is 24.3 Å². The van der Waals surface area contributed by atoms with Gasteiger partial charge in [0.2, 0.25) is 10.0 Å². The third-order valence-electron chi connectivity index (χ3n) is 2.25. The summed E-state index contributed by atoms with van der Waals surface area (Å²) in [4.78, 5) is 10.2. The van der Waals surface area contributed by atoms with Crippen LogP contribution < -0.4 is 4.72 Å². The molecule has 1 atom stereocenters. The summed E-state index contributed by atoms with van der Waals surface area (Å²) in [6.07, 6.45) is 0.950. The third kappa shape index (κ3) is 4.01. The minimum atomic E-state index is -4.08. The Labute approximate surface area is 111 Å². The smallest absolute Gasteiger partial charge is 0.321 e. The van der Waals surface area contributed by atoms with Gasteiger partial charge in [-0.2, -0.15) is 4.72 Å². The van der Waals surface area contributed by atoms with Gasteiger partial charge in [-0.05, 0) is 25.1 Å². The molecular weight excluding hydrogens is 294 g/mol. The molecule has 7 nitrogen and oxygen atoms in total. The van der Waals surface area contributed by atoms with Crippen molar-refractivity contribution in [2.24, 2.45) is 0 Å². The summed E-state index contributed by atoms with van der Waals surface area (Å²) in [5.41, 5.74) is 0. The summed E-state index contributed by atoms with van der Waals surface area (Å²) in [6, 6.07) is 3.38. The number of benzene rings is 1. The van der Waals surface area contributed by atoms with Gasteiger partial charge >= 0.3 is 5.97 Å². The van der Waals surface area contributed by atoms with Gasteiger partial charge in [0.05, 0.1) is 9.79 Å². The monoisotopic (exact) mass is 307 g/mol. The maximum absolute atomic E-state index is 11.9. The summed E-state index contributed by atoms with van der Waals surface area (Å²) < 4.78 is 48.3. The molecule has 0 amide bonds. The van der Waals surface area contributed by atoms with Gasteiger partial charge in [0.1, 0.15) is 6.04 Å². The maximum atomic E-state index is 11.9. The molecule has 0 aliphatic rings. The van der Waals surface area contributed by atoms with Crippen LogP contribution in [0.3, 0.4) is 0 Å². The van der Waals surface area contributed by atoms with Crippen LogP contribution in [0.25, 0.3) is 0 Å². The molecule has 19 heavy (non-hydrogen) atoms. The highest BCUT2D eigenvalue weighted by Gasteiger charge is 2.22. The van der Waals surface area contributed by atoms with Crippen LogP contribution in [-0.2, 0) is 24.7 Å². The largest absolute Gasteiger partial charge is 0.480 e. The average molecular weight is 307 g/mol. The molecule has 0 aliphatic heterocycles. The Hall–Kier alpha value is -1.45. The van der Waals surface area contributed by atoms with Gasteiger partial charge in [-0.25, -0.2) is 16.8 Å². The first kappa shape index (κ1) is 15.6. The van der Waals surface area contributed by atoms with Crippen LogP contribution in [0.5, 0.6) is 0 Å². The van der Waals surface area contributed by atoms with E-state index in [1.54, 1.807) is 0 Å². The first-order chi connectivity index (χ1) is 8.54. The van der Waals surface area contributed by atoms with E-state index in [4.69, 9.17) is 5.11 Å². The average Bonchev–Trinajstić information content (AvgIpc) is 2.27. The van der Waals surface area contributed by atoms with E-state index in [9.17, 15) is 21.6 Å². The lowest BCUT2D eigenvalue weighted by Crippen LogP contribution is -2.38. The van der Waals surface area contributed by atoms with Crippen molar-refractivity contribution in [3.63, 3.8) is 0 Å². The predicted molar refractivity (Wildman–Crippen MR) is 67.0 cm³/mol. The molecule has 1 unspecified atom stereocenters. The number of hydrogen-bond acceptors (Lipinski definition) is 5. The van der Waals surface area contributed by atoms with Crippen molar-refractivity contribution in [1.29, 1.82) is 0 Å². The Kier molecular flexibility index (Phi) is 4.33. The number of carboxylic acid groups (broad SMARTS) is 1. The van der Waals surface area contributed by atoms with Crippen LogP contribution in [0.2, 0.25) is 0 Å². The fourth-order valence-corrected chi connectivity index (χ4v) is 3.21. The summed E-state index contributed by atoms with van der Waals surface area (Å²) in [7, 11) is -7.62. The molecule has 0 fully saturated rings. The van der Waals surface area contributed by atoms with Crippen LogP contribution >= 0.6 is 0 Å². The highest BCUT2D eigenvalue weighted by atomic mass is 32.2. The summed E-state index contributed by atoms with van der Waals surface area (Å²) >= 11 is 0. The minimum absolute atomic E-state index is 0.154. The zero-order valence-electron chi connectivity index (χ0n) is 10.2. The summed E-state index contributed by atoms with van der Waals surface area (Å²) in [6.45, 7) is 1.17. The standard InChI is InChI=1S/C10H13NO6S2/c1-7(10(12)13)11-19(16,17)9-5-3-4-8(6-9)18(2,14)15/h3-7,11H,1-2H3,(H,12,13). The fraction of sp³-hybridized carbons (Fsp3) is 0.300. The quantitative estimate of drug-likeness (QED) is 0.780. The molecular formula is C10H13NO6S2. The van der Waals surface area contributed by atoms with Gasteiger partial charge in [0.15, 0.2) is 9.84 Å². The third-order valence-corrected chi connectivity index (χ3v) is 4.89. The summed E-state index contributed by atoms with van der Waals surface area (Å²) in [5, 5.41) is 8.65. The van der Waals surface area contributed by atoms with Crippen LogP contribution in [0.4, 0.5) is 0 Å². The van der Waals surface area contributed by atoms with Crippen molar-refractivity contribution in [1.82, 2.24) is 4.72 Å². The molecule has 0 bridgehead atoms. The SMILES string of the molecule is CC(NS(=O)(=O)c1cccc(S(C)(=O)=O)c1)C(=O)O. The lowest BCUT2D eigenvalue weighted by atomic mass is 10.4. The van der Waals surface area contributed by atoms with Gasteiger partial charge in [0.25, 0.3) is 0 Å². The van der Waals surface area contributed by atoms with E-state index in [2.05, 4.69) is 0 Å². The molecule has 106 valence electrons. The number of sulfone groups is 1. The molecule has 0 saturated carbocycles. The lowest BCUT2D eigenvalue weighted by Gasteiger charge is -2.10. The van der Waals surface area contributed by atoms with Crippen LogP contribution in [0.1, 0.15) is 6.92 Å². The van der Waals surface area contributed by atoms with Gasteiger partial charge in [-0.15, -0.1) is 0 Å². The van der Waals surface area contributed by atoms with Crippen LogP contribution in [0, 0.1) is 0 Å². The molecule has 0 aromatic heterocycles. The topological polar surface area (TPSA) is 118 Å². The van der Waals surface area contributed by atoms with Gasteiger partial charge < -0.3 is 5.11 Å². The molecule has 0 saturated heterocycles. The van der Waals surface area contributed by atoms with Crippen molar-refractivity contribution in [2.75, 3.05) is 6.26 Å². The number of carboxylic acids is 1. The zero-order valence-corrected chi connectivity index (χ0v) is 11.8. The zero-order chi connectivity index (χ0) is 14.8. The van der Waals surface area contributed by atoms with Crippen LogP contribution in [-0.4, -0.2) is 40.2 Å². The van der Waals surface area contributed by atoms with E-state index in [-0.39, 0.29) is 9.79 Å². The van der Waals surface area contributed by atoms with Crippen molar-refractivity contribution >= 4 is 25.8 Å². The second-order valence-corrected chi connectivity index (χ2v) is 7.66. The number of aliphatic carboxylic acids is 1. The first-order valence-corrected chi connectivity index (χ1v) is 8.47. The summed E-state index contributed by atoms with van der Waals surface area (Å²) in [5.74, 6) is -1.33. The van der Waals surface area contributed by atoms with Crippen molar-refractivity contribution in [3.8, 4) is 0 Å². The van der Waals surface area contributed by atoms with E-state index in [0.29, 0.717) is 0 Å². The van der Waals surface area contributed by atoms with Crippen LogP contribution in [0.15, 0.2) is 34.1 Å². The van der Waals surface area contributed by atoms with E-state index in [1.165, 1.54) is 25.1 Å². The Bertz CT molecular complexity index is 692. The first-order valence-electron chi connectivity index (χ1n) is 5.09. The van der Waals surface area contributed by atoms with E-state index < -0.39 is 31.9 Å². The molecule has 1 aromatic carbocycles. The predicted octanol–water partition coefficient (Wildman–Crippen LogP) is -0.158. The van der Waals surface area contributed by atoms with Crippen molar-refractivity contribution in [2.45, 2.75) is 22.8 Å². The molecule has 1 rings (SSSR count). The number of rotatable bonds is 5. The lowest BCUT2D eigenvalue weighted by molar-refractivity contribution is -0.138. The molecule has 0 aliphatic carbocycles. The Morgan fingerprint density at radius 1 is 1.21 bits per heavy atom. The molecule has 2 N–H and O–H groups in total. The second kappa shape index (κ2) is 5.27. The molecule has 9 heteroatoms. The number of hydrogen-bond donors (Lipinski definition) is 2. The fourth-order valence-electron chi connectivity index (χ4n) is 1.22. The second-order valence-electron chi connectivity index (χ2n) is 3.93. The number of carbonyl (C=O) groups is 1.